The zero-order chi connectivity index (χ0) is 19.3. The molecule has 0 bridgehead atoms. The summed E-state index contributed by atoms with van der Waals surface area (Å²) >= 11 is 0. The van der Waals surface area contributed by atoms with Gasteiger partial charge in [0.05, 0.1) is 10.5 Å². The first-order valence-electron chi connectivity index (χ1n) is 8.31. The molecular weight excluding hydrogens is 353 g/mol. The van der Waals surface area contributed by atoms with E-state index in [0.717, 1.165) is 29.6 Å². The lowest BCUT2D eigenvalue weighted by molar-refractivity contribution is -0.387. The average molecular weight is 369 g/mol. The number of carbonyl (C=O) groups is 1. The van der Waals surface area contributed by atoms with Crippen LogP contribution in [-0.2, 0) is 13.5 Å². The van der Waals surface area contributed by atoms with E-state index in [1.54, 1.807) is 18.0 Å². The zero-order valence-corrected chi connectivity index (χ0v) is 14.7. The molecule has 1 aromatic carbocycles. The molecule has 0 saturated carbocycles. The molecule has 1 aliphatic rings. The minimum atomic E-state index is -0.922. The van der Waals surface area contributed by atoms with Crippen molar-refractivity contribution >= 4 is 34.1 Å². The minimum Gasteiger partial charge on any atom is -0.341 e. The number of nitrogens with zero attached hydrogens (tertiary/aromatic N) is 4. The number of anilines is 2. The molecule has 3 aromatic rings. The normalized spacial score (nSPS) is 13.7. The summed E-state index contributed by atoms with van der Waals surface area (Å²) < 4.78 is 15.7. The topological polar surface area (TPSA) is 93.3 Å². The molecule has 0 spiro atoms. The molecule has 3 heterocycles. The molecule has 2 aromatic heterocycles. The molecular formula is C18H16FN5O3. The highest BCUT2D eigenvalue weighted by Gasteiger charge is 2.28. The standard InChI is InChI=1S/C18H16FN5O3/c1-22-8-7-14-16(18(22)25)11-4-6-15(21-17(11)23(14)2)20-10-3-5-13(24(26)27)12(19)9-10/h3-6,9H,7-8H2,1-2H3,(H,20,21). The van der Waals surface area contributed by atoms with Gasteiger partial charge in [0.25, 0.3) is 5.91 Å². The van der Waals surface area contributed by atoms with Crippen LogP contribution in [0, 0.1) is 15.9 Å². The Morgan fingerprint density at radius 2 is 2.04 bits per heavy atom. The average Bonchev–Trinajstić information content (AvgIpc) is 2.91. The van der Waals surface area contributed by atoms with E-state index in [0.29, 0.717) is 29.3 Å². The predicted octanol–water partition coefficient (Wildman–Crippen LogP) is 2.99. The fourth-order valence-electron chi connectivity index (χ4n) is 3.40. The maximum atomic E-state index is 13.8. The van der Waals surface area contributed by atoms with Crippen molar-refractivity contribution in [2.75, 3.05) is 18.9 Å². The number of hydrogen-bond acceptors (Lipinski definition) is 5. The van der Waals surface area contributed by atoms with Crippen molar-refractivity contribution in [3.8, 4) is 0 Å². The van der Waals surface area contributed by atoms with Crippen LogP contribution in [-0.4, -0.2) is 38.9 Å². The molecule has 1 N–H and O–H groups in total. The van der Waals surface area contributed by atoms with Crippen LogP contribution >= 0.6 is 0 Å². The third kappa shape index (κ3) is 2.67. The van der Waals surface area contributed by atoms with E-state index in [-0.39, 0.29) is 5.91 Å². The fourth-order valence-corrected chi connectivity index (χ4v) is 3.40. The van der Waals surface area contributed by atoms with Gasteiger partial charge in [0.1, 0.15) is 11.5 Å². The Labute approximate surface area is 153 Å². The number of nitro groups is 1. The smallest absolute Gasteiger partial charge is 0.304 e. The molecule has 0 saturated heterocycles. The van der Waals surface area contributed by atoms with E-state index in [1.165, 1.54) is 6.07 Å². The number of nitrogens with one attached hydrogen (secondary N) is 1. The van der Waals surface area contributed by atoms with Gasteiger partial charge in [-0.3, -0.25) is 14.9 Å². The molecule has 9 heteroatoms. The van der Waals surface area contributed by atoms with Crippen molar-refractivity contribution in [3.63, 3.8) is 0 Å². The summed E-state index contributed by atoms with van der Waals surface area (Å²) in [4.78, 5) is 28.7. The van der Waals surface area contributed by atoms with Crippen LogP contribution in [0.15, 0.2) is 30.3 Å². The summed E-state index contributed by atoms with van der Waals surface area (Å²) in [6.45, 7) is 0.656. The lowest BCUT2D eigenvalue weighted by Gasteiger charge is -2.23. The Morgan fingerprint density at radius 1 is 1.26 bits per heavy atom. The Kier molecular flexibility index (Phi) is 3.79. The summed E-state index contributed by atoms with van der Waals surface area (Å²) in [6, 6.07) is 7.08. The number of benzene rings is 1. The molecule has 0 radical (unpaired) electrons. The Hall–Kier alpha value is -3.49. The molecule has 27 heavy (non-hydrogen) atoms. The SMILES string of the molecule is CN1CCc2c(c3ccc(Nc4ccc([N+](=O)[O-])c(F)c4)nc3n2C)C1=O. The Balaban J connectivity index is 1.73. The summed E-state index contributed by atoms with van der Waals surface area (Å²) in [5, 5.41) is 14.4. The first-order chi connectivity index (χ1) is 12.9. The second-order valence-electron chi connectivity index (χ2n) is 6.47. The Morgan fingerprint density at radius 3 is 2.74 bits per heavy atom. The molecule has 138 valence electrons. The van der Waals surface area contributed by atoms with Crippen molar-refractivity contribution in [2.45, 2.75) is 6.42 Å². The van der Waals surface area contributed by atoms with Gasteiger partial charge in [0, 0.05) is 56.0 Å². The lowest BCUT2D eigenvalue weighted by Crippen LogP contribution is -2.34. The van der Waals surface area contributed by atoms with E-state index in [2.05, 4.69) is 10.3 Å². The number of hydrogen-bond donors (Lipinski definition) is 1. The van der Waals surface area contributed by atoms with Crippen LogP contribution in [0.5, 0.6) is 0 Å². The molecule has 0 unspecified atom stereocenters. The van der Waals surface area contributed by atoms with Gasteiger partial charge in [-0.05, 0) is 18.2 Å². The van der Waals surface area contributed by atoms with Crippen LogP contribution < -0.4 is 5.32 Å². The quantitative estimate of drug-likeness (QED) is 0.566. The molecule has 8 nitrogen and oxygen atoms in total. The van der Waals surface area contributed by atoms with Crippen LogP contribution in [0.3, 0.4) is 0 Å². The fraction of sp³-hybridized carbons (Fsp3) is 0.222. The van der Waals surface area contributed by atoms with E-state index in [4.69, 9.17) is 0 Å². The highest BCUT2D eigenvalue weighted by atomic mass is 19.1. The largest absolute Gasteiger partial charge is 0.341 e. The molecule has 4 rings (SSSR count). The predicted molar refractivity (Wildman–Crippen MR) is 97.7 cm³/mol. The van der Waals surface area contributed by atoms with Gasteiger partial charge >= 0.3 is 5.69 Å². The number of halogens is 1. The van der Waals surface area contributed by atoms with Gasteiger partial charge in [0.15, 0.2) is 0 Å². The third-order valence-electron chi connectivity index (χ3n) is 4.82. The number of fused-ring (bicyclic) bond motifs is 3. The van der Waals surface area contributed by atoms with Gasteiger partial charge in [-0.25, -0.2) is 4.98 Å². The number of pyridine rings is 1. The first kappa shape index (κ1) is 17.0. The molecule has 0 aliphatic carbocycles. The van der Waals surface area contributed by atoms with Crippen LogP contribution in [0.4, 0.5) is 21.6 Å². The highest BCUT2D eigenvalue weighted by molar-refractivity contribution is 6.08. The molecule has 0 fully saturated rings. The van der Waals surface area contributed by atoms with Gasteiger partial charge < -0.3 is 14.8 Å². The second kappa shape index (κ2) is 6.04. The van der Waals surface area contributed by atoms with Crippen LogP contribution in [0.1, 0.15) is 16.1 Å². The molecule has 0 atom stereocenters. The Bertz CT molecular complexity index is 1110. The zero-order valence-electron chi connectivity index (χ0n) is 14.7. The van der Waals surface area contributed by atoms with E-state index < -0.39 is 16.4 Å². The summed E-state index contributed by atoms with van der Waals surface area (Å²) in [6.07, 6.45) is 0.751. The minimum absolute atomic E-state index is 0.0261. The maximum Gasteiger partial charge on any atom is 0.304 e. The monoisotopic (exact) mass is 369 g/mol. The van der Waals surface area contributed by atoms with Gasteiger partial charge in [0.2, 0.25) is 5.82 Å². The summed E-state index contributed by atoms with van der Waals surface area (Å²) in [7, 11) is 3.64. The maximum absolute atomic E-state index is 13.8. The number of rotatable bonds is 3. The number of aryl methyl sites for hydroxylation is 1. The van der Waals surface area contributed by atoms with Crippen molar-refractivity contribution in [1.82, 2.24) is 14.5 Å². The van der Waals surface area contributed by atoms with Crippen molar-refractivity contribution < 1.29 is 14.1 Å². The van der Waals surface area contributed by atoms with Crippen LogP contribution in [0.2, 0.25) is 0 Å². The molecule has 1 amide bonds. The van der Waals surface area contributed by atoms with E-state index >= 15 is 0 Å². The third-order valence-corrected chi connectivity index (χ3v) is 4.82. The lowest BCUT2D eigenvalue weighted by atomic mass is 10.0. The van der Waals surface area contributed by atoms with E-state index in [1.807, 2.05) is 17.7 Å². The second-order valence-corrected chi connectivity index (χ2v) is 6.47. The first-order valence-corrected chi connectivity index (χ1v) is 8.31. The highest BCUT2D eigenvalue weighted by Crippen LogP contribution is 2.30. The van der Waals surface area contributed by atoms with Crippen molar-refractivity contribution in [2.24, 2.45) is 7.05 Å². The number of amides is 1. The molecule has 1 aliphatic heterocycles. The van der Waals surface area contributed by atoms with Gasteiger partial charge in [-0.1, -0.05) is 0 Å². The van der Waals surface area contributed by atoms with Crippen molar-refractivity contribution in [1.29, 1.82) is 0 Å². The van der Waals surface area contributed by atoms with Crippen molar-refractivity contribution in [3.05, 3.63) is 57.5 Å². The number of likely N-dealkylation sites (N-methyl/N-ethyl adjacent to an activating group) is 1. The summed E-state index contributed by atoms with van der Waals surface area (Å²) in [5.41, 5.74) is 2.03. The summed E-state index contributed by atoms with van der Waals surface area (Å²) in [5.74, 6) is -0.495. The van der Waals surface area contributed by atoms with Crippen LogP contribution in [0.25, 0.3) is 11.0 Å². The van der Waals surface area contributed by atoms with Gasteiger partial charge in [-0.15, -0.1) is 0 Å². The number of aromatic nitrogens is 2. The van der Waals surface area contributed by atoms with Gasteiger partial charge in [-0.2, -0.15) is 4.39 Å². The number of nitro benzene ring substituents is 1. The number of carbonyl (C=O) groups excluding carboxylic acids is 1. The van der Waals surface area contributed by atoms with E-state index in [9.17, 15) is 19.3 Å².